The summed E-state index contributed by atoms with van der Waals surface area (Å²) in [5, 5.41) is -0.555. The molecule has 120 valence electrons. The molecule has 9 heteroatoms. The third-order valence-corrected chi connectivity index (χ3v) is 4.67. The minimum atomic E-state index is -4.73. The van der Waals surface area contributed by atoms with Crippen LogP contribution >= 0.6 is 11.6 Å². The first-order chi connectivity index (χ1) is 9.45. The maximum atomic E-state index is 12.7. The molecule has 0 amide bonds. The Morgan fingerprint density at radius 1 is 1.33 bits per heavy atom. The van der Waals surface area contributed by atoms with Crippen LogP contribution in [0.2, 0.25) is 5.02 Å². The summed E-state index contributed by atoms with van der Waals surface area (Å²) in [7, 11) is -4.08. The van der Waals surface area contributed by atoms with Crippen LogP contribution in [0.1, 0.15) is 19.4 Å². The van der Waals surface area contributed by atoms with Crippen molar-refractivity contribution in [2.24, 2.45) is 11.7 Å². The van der Waals surface area contributed by atoms with E-state index >= 15 is 0 Å². The third kappa shape index (κ3) is 4.84. The van der Waals surface area contributed by atoms with Gasteiger partial charge in [0, 0.05) is 12.6 Å². The van der Waals surface area contributed by atoms with Gasteiger partial charge in [-0.15, -0.1) is 0 Å². The Balaban J connectivity index is 3.05. The van der Waals surface area contributed by atoms with Gasteiger partial charge in [-0.2, -0.15) is 13.2 Å². The second-order valence-electron chi connectivity index (χ2n) is 4.90. The molecule has 4 nitrogen and oxygen atoms in total. The lowest BCUT2D eigenvalue weighted by Crippen LogP contribution is -2.40. The van der Waals surface area contributed by atoms with E-state index in [0.717, 1.165) is 12.1 Å². The van der Waals surface area contributed by atoms with Gasteiger partial charge in [0.2, 0.25) is 10.0 Å². The van der Waals surface area contributed by atoms with E-state index in [-0.39, 0.29) is 12.5 Å². The zero-order valence-corrected chi connectivity index (χ0v) is 13.0. The average Bonchev–Trinajstić information content (AvgIpc) is 2.34. The molecule has 0 bridgehead atoms. The van der Waals surface area contributed by atoms with Crippen LogP contribution in [-0.4, -0.2) is 21.0 Å². The molecule has 3 N–H and O–H groups in total. The molecular weight excluding hydrogens is 329 g/mol. The first-order valence-corrected chi connectivity index (χ1v) is 7.93. The van der Waals surface area contributed by atoms with Crippen LogP contribution in [-0.2, 0) is 16.2 Å². The number of halogens is 4. The number of hydrogen-bond acceptors (Lipinski definition) is 3. The number of hydrogen-bond donors (Lipinski definition) is 2. The number of nitrogens with one attached hydrogen (secondary N) is 1. The summed E-state index contributed by atoms with van der Waals surface area (Å²) in [5.41, 5.74) is 4.50. The van der Waals surface area contributed by atoms with Gasteiger partial charge < -0.3 is 5.73 Å². The largest absolute Gasteiger partial charge is 0.417 e. The summed E-state index contributed by atoms with van der Waals surface area (Å²) in [4.78, 5) is -0.504. The minimum Gasteiger partial charge on any atom is -0.326 e. The van der Waals surface area contributed by atoms with Gasteiger partial charge in [0.05, 0.1) is 15.5 Å². The Hall–Kier alpha value is -0.830. The molecule has 0 aliphatic carbocycles. The molecular formula is C12H16ClF3N2O2S. The summed E-state index contributed by atoms with van der Waals surface area (Å²) in [6.45, 7) is 3.55. The van der Waals surface area contributed by atoms with E-state index < -0.39 is 37.7 Å². The van der Waals surface area contributed by atoms with Crippen LogP contribution in [0.3, 0.4) is 0 Å². The lowest BCUT2D eigenvalue weighted by molar-refractivity contribution is -0.137. The SMILES string of the molecule is CC(C)C(N)CNS(=O)(=O)c1ccc(Cl)c(C(F)(F)F)c1. The molecule has 0 radical (unpaired) electrons. The minimum absolute atomic E-state index is 0.0312. The molecule has 1 atom stereocenters. The Labute approximate surface area is 126 Å². The highest BCUT2D eigenvalue weighted by Gasteiger charge is 2.34. The predicted octanol–water partition coefficient (Wildman–Crippen LogP) is 2.62. The van der Waals surface area contributed by atoms with Crippen LogP contribution < -0.4 is 10.5 Å². The average molecular weight is 345 g/mol. The lowest BCUT2D eigenvalue weighted by atomic mass is 10.1. The van der Waals surface area contributed by atoms with E-state index in [1.54, 1.807) is 0 Å². The molecule has 0 saturated heterocycles. The van der Waals surface area contributed by atoms with Crippen molar-refractivity contribution in [1.29, 1.82) is 0 Å². The van der Waals surface area contributed by atoms with Gasteiger partial charge in [0.1, 0.15) is 0 Å². The molecule has 0 aliphatic heterocycles. The molecule has 1 unspecified atom stereocenters. The number of nitrogens with two attached hydrogens (primary N) is 1. The molecule has 1 rings (SSSR count). The summed E-state index contributed by atoms with van der Waals surface area (Å²) < 4.78 is 64.3. The van der Waals surface area contributed by atoms with Crippen LogP contribution in [0.5, 0.6) is 0 Å². The van der Waals surface area contributed by atoms with Crippen LogP contribution in [0.4, 0.5) is 13.2 Å². The first-order valence-electron chi connectivity index (χ1n) is 6.07. The molecule has 0 heterocycles. The number of rotatable bonds is 5. The summed E-state index contributed by atoms with van der Waals surface area (Å²) in [6, 6.07) is 1.99. The van der Waals surface area contributed by atoms with Crippen LogP contribution in [0, 0.1) is 5.92 Å². The second kappa shape index (κ2) is 6.51. The Morgan fingerprint density at radius 2 is 1.90 bits per heavy atom. The topological polar surface area (TPSA) is 72.2 Å². The van der Waals surface area contributed by atoms with E-state index in [2.05, 4.69) is 4.72 Å². The third-order valence-electron chi connectivity index (χ3n) is 2.92. The summed E-state index contributed by atoms with van der Waals surface area (Å²) in [6.07, 6.45) is -4.73. The normalized spacial score (nSPS) is 14.5. The van der Waals surface area contributed by atoms with E-state index in [4.69, 9.17) is 17.3 Å². The quantitative estimate of drug-likeness (QED) is 0.862. The Kier molecular flexibility index (Phi) is 5.65. The van der Waals surface area contributed by atoms with Gasteiger partial charge in [-0.3, -0.25) is 0 Å². The highest BCUT2D eigenvalue weighted by molar-refractivity contribution is 7.89. The van der Waals surface area contributed by atoms with Crippen molar-refractivity contribution in [3.63, 3.8) is 0 Å². The maximum Gasteiger partial charge on any atom is 0.417 e. The zero-order chi connectivity index (χ0) is 16.4. The summed E-state index contributed by atoms with van der Waals surface area (Å²) in [5.74, 6) is 0.0312. The molecule has 0 aliphatic rings. The van der Waals surface area contributed by atoms with Crippen LogP contribution in [0.15, 0.2) is 23.1 Å². The molecule has 0 saturated carbocycles. The number of sulfonamides is 1. The summed E-state index contributed by atoms with van der Waals surface area (Å²) >= 11 is 5.44. The Bertz CT molecular complexity index is 603. The van der Waals surface area contributed by atoms with Crippen molar-refractivity contribution in [2.45, 2.75) is 31.0 Å². The molecule has 0 spiro atoms. The zero-order valence-electron chi connectivity index (χ0n) is 11.4. The smallest absolute Gasteiger partial charge is 0.326 e. The van der Waals surface area contributed by atoms with Crippen molar-refractivity contribution in [3.05, 3.63) is 28.8 Å². The van der Waals surface area contributed by atoms with Gasteiger partial charge in [-0.25, -0.2) is 13.1 Å². The van der Waals surface area contributed by atoms with Crippen molar-refractivity contribution in [3.8, 4) is 0 Å². The molecule has 21 heavy (non-hydrogen) atoms. The molecule has 0 aromatic heterocycles. The van der Waals surface area contributed by atoms with E-state index in [1.807, 2.05) is 13.8 Å². The standard InChI is InChI=1S/C12H16ClF3N2O2S/c1-7(2)11(17)6-18-21(19,20)8-3-4-10(13)9(5-8)12(14,15)16/h3-5,7,11,18H,6,17H2,1-2H3. The Morgan fingerprint density at radius 3 is 2.38 bits per heavy atom. The van der Waals surface area contributed by atoms with Gasteiger partial charge in [0.15, 0.2) is 0 Å². The first kappa shape index (κ1) is 18.2. The van der Waals surface area contributed by atoms with Crippen molar-refractivity contribution < 1.29 is 21.6 Å². The number of benzene rings is 1. The fourth-order valence-electron chi connectivity index (χ4n) is 1.41. The number of alkyl halides is 3. The molecule has 0 fully saturated rings. The van der Waals surface area contributed by atoms with Crippen molar-refractivity contribution in [2.75, 3.05) is 6.54 Å². The molecule has 1 aromatic rings. The fourth-order valence-corrected chi connectivity index (χ4v) is 2.74. The van der Waals surface area contributed by atoms with E-state index in [9.17, 15) is 21.6 Å². The van der Waals surface area contributed by atoms with E-state index in [0.29, 0.717) is 6.07 Å². The molecule has 1 aromatic carbocycles. The van der Waals surface area contributed by atoms with Crippen LogP contribution in [0.25, 0.3) is 0 Å². The monoisotopic (exact) mass is 344 g/mol. The highest BCUT2D eigenvalue weighted by Crippen LogP contribution is 2.35. The van der Waals surface area contributed by atoms with Gasteiger partial charge >= 0.3 is 6.18 Å². The van der Waals surface area contributed by atoms with Crippen molar-refractivity contribution in [1.82, 2.24) is 4.72 Å². The van der Waals surface area contributed by atoms with Gasteiger partial charge in [-0.1, -0.05) is 25.4 Å². The van der Waals surface area contributed by atoms with Gasteiger partial charge in [0.25, 0.3) is 0 Å². The highest BCUT2D eigenvalue weighted by atomic mass is 35.5. The van der Waals surface area contributed by atoms with Gasteiger partial charge in [-0.05, 0) is 24.1 Å². The second-order valence-corrected chi connectivity index (χ2v) is 7.07. The predicted molar refractivity (Wildman–Crippen MR) is 74.5 cm³/mol. The lowest BCUT2D eigenvalue weighted by Gasteiger charge is -2.17. The van der Waals surface area contributed by atoms with E-state index in [1.165, 1.54) is 0 Å². The fraction of sp³-hybridized carbons (Fsp3) is 0.500. The maximum absolute atomic E-state index is 12.7. The van der Waals surface area contributed by atoms with Crippen molar-refractivity contribution >= 4 is 21.6 Å².